The van der Waals surface area contributed by atoms with Crippen molar-refractivity contribution in [1.29, 1.82) is 0 Å². The van der Waals surface area contributed by atoms with Gasteiger partial charge >= 0.3 is 0 Å². The predicted octanol–water partition coefficient (Wildman–Crippen LogP) is 4.34. The summed E-state index contributed by atoms with van der Waals surface area (Å²) < 4.78 is 6.24. The summed E-state index contributed by atoms with van der Waals surface area (Å²) in [4.78, 5) is 0. The molecule has 0 aliphatic rings. The van der Waals surface area contributed by atoms with Gasteiger partial charge in [-0.3, -0.25) is 0 Å². The lowest BCUT2D eigenvalue weighted by Gasteiger charge is -2.24. The highest BCUT2D eigenvalue weighted by Gasteiger charge is 2.20. The molecule has 0 bridgehead atoms. The summed E-state index contributed by atoms with van der Waals surface area (Å²) in [6.07, 6.45) is 0.833. The normalized spacial score (nSPS) is 13.8. The molecule has 0 saturated carbocycles. The summed E-state index contributed by atoms with van der Waals surface area (Å²) in [5.41, 5.74) is 0.535. The van der Waals surface area contributed by atoms with Crippen molar-refractivity contribution in [3.63, 3.8) is 0 Å². The lowest BCUT2D eigenvalue weighted by Crippen LogP contribution is -2.23. The van der Waals surface area contributed by atoms with Gasteiger partial charge in [0.05, 0.1) is 11.7 Å². The van der Waals surface area contributed by atoms with E-state index in [9.17, 15) is 5.11 Å². The van der Waals surface area contributed by atoms with Gasteiger partial charge < -0.3 is 9.84 Å². The Balaban J connectivity index is 2.70. The number of aliphatic hydroxyl groups is 1. The zero-order chi connectivity index (χ0) is 13.1. The van der Waals surface area contributed by atoms with Crippen LogP contribution in [0, 0.1) is 0 Å². The van der Waals surface area contributed by atoms with Gasteiger partial charge in [0.15, 0.2) is 0 Å². The van der Waals surface area contributed by atoms with E-state index in [1.165, 1.54) is 0 Å². The molecule has 0 heterocycles. The van der Waals surface area contributed by atoms with E-state index >= 15 is 0 Å². The largest absolute Gasteiger partial charge is 0.388 e. The van der Waals surface area contributed by atoms with Crippen molar-refractivity contribution in [3.05, 3.63) is 33.3 Å². The van der Waals surface area contributed by atoms with Crippen LogP contribution >= 0.6 is 27.5 Å². The number of methoxy groups -OCH3 is 1. The standard InChI is InChI=1S/C13H18BrClO2/c1-13(2,17-3)7-6-12(16)10-8-9(14)4-5-11(10)15/h4-5,8,12,16H,6-7H2,1-3H3. The van der Waals surface area contributed by atoms with Crippen molar-refractivity contribution in [1.82, 2.24) is 0 Å². The van der Waals surface area contributed by atoms with Crippen LogP contribution in [0.5, 0.6) is 0 Å². The van der Waals surface area contributed by atoms with Crippen LogP contribution in [0.1, 0.15) is 38.4 Å². The monoisotopic (exact) mass is 320 g/mol. The lowest BCUT2D eigenvalue weighted by molar-refractivity contribution is 0.00279. The number of hydrogen-bond donors (Lipinski definition) is 1. The fourth-order valence-electron chi connectivity index (χ4n) is 1.51. The molecule has 1 aromatic carbocycles. The molecule has 0 amide bonds. The van der Waals surface area contributed by atoms with E-state index < -0.39 is 6.10 Å². The first kappa shape index (κ1) is 15.0. The first-order valence-corrected chi connectivity index (χ1v) is 6.71. The molecule has 0 aromatic heterocycles. The summed E-state index contributed by atoms with van der Waals surface area (Å²) in [5, 5.41) is 10.7. The van der Waals surface area contributed by atoms with Crippen LogP contribution in [0.25, 0.3) is 0 Å². The van der Waals surface area contributed by atoms with Crippen LogP contribution in [0.2, 0.25) is 5.02 Å². The number of benzene rings is 1. The molecule has 96 valence electrons. The second-order valence-corrected chi connectivity index (χ2v) is 6.01. The topological polar surface area (TPSA) is 29.5 Å². The van der Waals surface area contributed by atoms with Crippen LogP contribution < -0.4 is 0 Å². The first-order valence-electron chi connectivity index (χ1n) is 5.54. The molecule has 1 atom stereocenters. The van der Waals surface area contributed by atoms with Crippen molar-refractivity contribution in [2.24, 2.45) is 0 Å². The van der Waals surface area contributed by atoms with Gasteiger partial charge in [-0.05, 0) is 44.9 Å². The fourth-order valence-corrected chi connectivity index (χ4v) is 2.13. The average molecular weight is 322 g/mol. The van der Waals surface area contributed by atoms with E-state index in [4.69, 9.17) is 16.3 Å². The van der Waals surface area contributed by atoms with Crippen LogP contribution in [0.3, 0.4) is 0 Å². The fraction of sp³-hybridized carbons (Fsp3) is 0.538. The summed E-state index contributed by atoms with van der Waals surface area (Å²) in [5.74, 6) is 0. The highest BCUT2D eigenvalue weighted by Crippen LogP contribution is 2.31. The van der Waals surface area contributed by atoms with Gasteiger partial charge in [0.2, 0.25) is 0 Å². The number of ether oxygens (including phenoxy) is 1. The lowest BCUT2D eigenvalue weighted by atomic mass is 9.97. The third-order valence-corrected chi connectivity index (χ3v) is 3.73. The number of rotatable bonds is 5. The highest BCUT2D eigenvalue weighted by atomic mass is 79.9. The first-order chi connectivity index (χ1) is 7.85. The van der Waals surface area contributed by atoms with E-state index in [0.717, 1.165) is 16.5 Å². The molecule has 2 nitrogen and oxygen atoms in total. The van der Waals surface area contributed by atoms with Gasteiger partial charge in [0.25, 0.3) is 0 Å². The second kappa shape index (κ2) is 6.19. The molecule has 0 aliphatic carbocycles. The Kier molecular flexibility index (Phi) is 5.45. The molecule has 1 rings (SSSR count). The molecule has 0 spiro atoms. The highest BCUT2D eigenvalue weighted by molar-refractivity contribution is 9.10. The molecule has 0 radical (unpaired) electrons. The predicted molar refractivity (Wildman–Crippen MR) is 74.4 cm³/mol. The number of hydrogen-bond acceptors (Lipinski definition) is 2. The van der Waals surface area contributed by atoms with Crippen LogP contribution in [0.4, 0.5) is 0 Å². The van der Waals surface area contributed by atoms with E-state index in [-0.39, 0.29) is 5.60 Å². The third-order valence-electron chi connectivity index (χ3n) is 2.89. The molecule has 1 unspecified atom stereocenters. The maximum Gasteiger partial charge on any atom is 0.0805 e. The van der Waals surface area contributed by atoms with Gasteiger partial charge in [0, 0.05) is 22.2 Å². The number of aliphatic hydroxyl groups excluding tert-OH is 1. The zero-order valence-electron chi connectivity index (χ0n) is 10.3. The molecule has 4 heteroatoms. The summed E-state index contributed by atoms with van der Waals surface area (Å²) in [6.45, 7) is 4.00. The maximum absolute atomic E-state index is 10.1. The molecule has 1 aromatic rings. The minimum absolute atomic E-state index is 0.223. The number of halogens is 2. The van der Waals surface area contributed by atoms with Crippen molar-refractivity contribution >= 4 is 27.5 Å². The Morgan fingerprint density at radius 2 is 2.12 bits per heavy atom. The Hall–Kier alpha value is -0.0900. The average Bonchev–Trinajstić information content (AvgIpc) is 2.29. The Labute approximate surface area is 116 Å². The molecule has 0 saturated heterocycles. The van der Waals surface area contributed by atoms with Gasteiger partial charge in [-0.1, -0.05) is 27.5 Å². The van der Waals surface area contributed by atoms with E-state index in [2.05, 4.69) is 15.9 Å². The van der Waals surface area contributed by atoms with Crippen molar-refractivity contribution in [2.75, 3.05) is 7.11 Å². The van der Waals surface area contributed by atoms with E-state index in [0.29, 0.717) is 11.4 Å². The van der Waals surface area contributed by atoms with E-state index in [1.807, 2.05) is 26.0 Å². The smallest absolute Gasteiger partial charge is 0.0805 e. The molecular formula is C13H18BrClO2. The zero-order valence-corrected chi connectivity index (χ0v) is 12.7. The molecule has 0 fully saturated rings. The Morgan fingerprint density at radius 1 is 1.47 bits per heavy atom. The van der Waals surface area contributed by atoms with Crippen molar-refractivity contribution in [3.8, 4) is 0 Å². The molecule has 0 aliphatic heterocycles. The maximum atomic E-state index is 10.1. The van der Waals surface area contributed by atoms with E-state index in [1.54, 1.807) is 13.2 Å². The minimum atomic E-state index is -0.561. The third kappa shape index (κ3) is 4.59. The molecule has 1 N–H and O–H groups in total. The minimum Gasteiger partial charge on any atom is -0.388 e. The molecular weight excluding hydrogens is 303 g/mol. The van der Waals surface area contributed by atoms with Gasteiger partial charge in [0.1, 0.15) is 0 Å². The van der Waals surface area contributed by atoms with Crippen molar-refractivity contribution in [2.45, 2.75) is 38.4 Å². The molecule has 17 heavy (non-hydrogen) atoms. The van der Waals surface area contributed by atoms with Crippen LogP contribution in [-0.4, -0.2) is 17.8 Å². The quantitative estimate of drug-likeness (QED) is 0.874. The van der Waals surface area contributed by atoms with Crippen LogP contribution in [0.15, 0.2) is 22.7 Å². The van der Waals surface area contributed by atoms with Crippen LogP contribution in [-0.2, 0) is 4.74 Å². The van der Waals surface area contributed by atoms with Gasteiger partial charge in [-0.25, -0.2) is 0 Å². The second-order valence-electron chi connectivity index (χ2n) is 4.68. The Morgan fingerprint density at radius 3 is 2.71 bits per heavy atom. The van der Waals surface area contributed by atoms with Gasteiger partial charge in [-0.15, -0.1) is 0 Å². The van der Waals surface area contributed by atoms with Crippen molar-refractivity contribution < 1.29 is 9.84 Å². The summed E-state index contributed by atoms with van der Waals surface area (Å²) in [6, 6.07) is 5.50. The summed E-state index contributed by atoms with van der Waals surface area (Å²) >= 11 is 9.44. The summed E-state index contributed by atoms with van der Waals surface area (Å²) in [7, 11) is 1.68. The Bertz CT molecular complexity index is 380. The SMILES string of the molecule is COC(C)(C)CCC(O)c1cc(Br)ccc1Cl. The van der Waals surface area contributed by atoms with Gasteiger partial charge in [-0.2, -0.15) is 0 Å².